The average molecular weight is 385 g/mol. The SMILES string of the molecule is CC(=O)N1N=C(c2cc(C3CC3)nc3ccccc23)OC1(C)c1ccc(C)cc1. The number of carbonyl (C=O) groups is 1. The van der Waals surface area contributed by atoms with E-state index in [1.807, 2.05) is 62.4 Å². The third kappa shape index (κ3) is 2.97. The number of hydrogen-bond acceptors (Lipinski definition) is 4. The minimum absolute atomic E-state index is 0.163. The fourth-order valence-electron chi connectivity index (χ4n) is 3.92. The van der Waals surface area contributed by atoms with E-state index in [-0.39, 0.29) is 5.91 Å². The molecule has 0 spiro atoms. The molecule has 1 unspecified atom stereocenters. The van der Waals surface area contributed by atoms with Gasteiger partial charge in [-0.2, -0.15) is 5.01 Å². The number of carbonyl (C=O) groups excluding carboxylic acids is 1. The summed E-state index contributed by atoms with van der Waals surface area (Å²) in [6, 6.07) is 18.1. The molecule has 2 aromatic carbocycles. The fraction of sp³-hybridized carbons (Fsp3) is 0.292. The molecule has 0 saturated heterocycles. The molecule has 5 rings (SSSR count). The molecule has 1 saturated carbocycles. The number of aromatic nitrogens is 1. The van der Waals surface area contributed by atoms with Crippen LogP contribution in [0, 0.1) is 6.92 Å². The summed E-state index contributed by atoms with van der Waals surface area (Å²) in [4.78, 5) is 17.3. The molecule has 2 heterocycles. The number of aryl methyl sites for hydroxylation is 1. The Morgan fingerprint density at radius 2 is 1.86 bits per heavy atom. The predicted molar refractivity (Wildman–Crippen MR) is 112 cm³/mol. The van der Waals surface area contributed by atoms with E-state index in [0.717, 1.165) is 33.3 Å². The average Bonchev–Trinajstić information content (AvgIpc) is 3.50. The summed E-state index contributed by atoms with van der Waals surface area (Å²) in [7, 11) is 0. The molecule has 3 aromatic rings. The first-order valence-electron chi connectivity index (χ1n) is 10.0. The molecule has 1 amide bonds. The number of ether oxygens (including phenoxy) is 1. The van der Waals surface area contributed by atoms with Gasteiger partial charge in [-0.05, 0) is 31.9 Å². The van der Waals surface area contributed by atoms with Crippen molar-refractivity contribution in [3.8, 4) is 0 Å². The maximum Gasteiger partial charge on any atom is 0.243 e. The summed E-state index contributed by atoms with van der Waals surface area (Å²) in [5.41, 5.74) is 3.94. The molecule has 5 nitrogen and oxygen atoms in total. The molecule has 1 aromatic heterocycles. The molecule has 1 aliphatic heterocycles. The lowest BCUT2D eigenvalue weighted by Crippen LogP contribution is -2.41. The number of fused-ring (bicyclic) bond motifs is 1. The lowest BCUT2D eigenvalue weighted by Gasteiger charge is -2.31. The molecular formula is C24H23N3O2. The van der Waals surface area contributed by atoms with Crippen LogP contribution in [0.25, 0.3) is 10.9 Å². The second kappa shape index (κ2) is 6.41. The van der Waals surface area contributed by atoms with Gasteiger partial charge in [0.2, 0.25) is 17.5 Å². The van der Waals surface area contributed by atoms with Crippen LogP contribution in [-0.4, -0.2) is 21.8 Å². The molecule has 5 heteroatoms. The van der Waals surface area contributed by atoms with E-state index < -0.39 is 5.72 Å². The van der Waals surface area contributed by atoms with E-state index in [0.29, 0.717) is 11.8 Å². The Morgan fingerprint density at radius 3 is 2.55 bits per heavy atom. The highest BCUT2D eigenvalue weighted by molar-refractivity contribution is 6.07. The third-order valence-electron chi connectivity index (χ3n) is 5.74. The number of amides is 1. The topological polar surface area (TPSA) is 54.8 Å². The van der Waals surface area contributed by atoms with E-state index in [2.05, 4.69) is 11.2 Å². The van der Waals surface area contributed by atoms with E-state index in [1.54, 1.807) is 0 Å². The van der Waals surface area contributed by atoms with Crippen LogP contribution in [-0.2, 0) is 15.3 Å². The van der Waals surface area contributed by atoms with Gasteiger partial charge < -0.3 is 4.74 Å². The van der Waals surface area contributed by atoms with Crippen molar-refractivity contribution in [1.29, 1.82) is 0 Å². The van der Waals surface area contributed by atoms with Gasteiger partial charge >= 0.3 is 0 Å². The van der Waals surface area contributed by atoms with Crippen LogP contribution in [0.4, 0.5) is 0 Å². The van der Waals surface area contributed by atoms with E-state index >= 15 is 0 Å². The summed E-state index contributed by atoms with van der Waals surface area (Å²) in [5, 5.41) is 7.05. The number of benzene rings is 2. The molecule has 29 heavy (non-hydrogen) atoms. The molecule has 0 radical (unpaired) electrons. The maximum absolute atomic E-state index is 12.5. The van der Waals surface area contributed by atoms with Gasteiger partial charge in [-0.25, -0.2) is 0 Å². The molecule has 1 fully saturated rings. The Bertz CT molecular complexity index is 1150. The molecule has 0 N–H and O–H groups in total. The van der Waals surface area contributed by atoms with Crippen LogP contribution >= 0.6 is 0 Å². The minimum Gasteiger partial charge on any atom is -0.443 e. The number of nitrogens with zero attached hydrogens (tertiary/aromatic N) is 3. The molecule has 1 atom stereocenters. The maximum atomic E-state index is 12.5. The number of pyridine rings is 1. The van der Waals surface area contributed by atoms with Crippen molar-refractivity contribution < 1.29 is 9.53 Å². The van der Waals surface area contributed by atoms with E-state index in [4.69, 9.17) is 9.72 Å². The Morgan fingerprint density at radius 1 is 1.14 bits per heavy atom. The Kier molecular flexibility index (Phi) is 3.95. The third-order valence-corrected chi connectivity index (χ3v) is 5.74. The standard InChI is InChI=1S/C24H23N3O2/c1-15-8-12-18(13-9-15)24(3)27(16(2)28)26-23(29-24)20-14-22(17-10-11-17)25-21-7-5-4-6-19(20)21/h4-9,12-14,17H,10-11H2,1-3H3. The van der Waals surface area contributed by atoms with Crippen LogP contribution in [0.5, 0.6) is 0 Å². The number of hydrogen-bond donors (Lipinski definition) is 0. The molecule has 1 aliphatic carbocycles. The zero-order chi connectivity index (χ0) is 20.2. The first-order valence-corrected chi connectivity index (χ1v) is 10.0. The quantitative estimate of drug-likeness (QED) is 0.649. The summed E-state index contributed by atoms with van der Waals surface area (Å²) in [5.74, 6) is 0.806. The summed E-state index contributed by atoms with van der Waals surface area (Å²) in [6.45, 7) is 5.44. The number of para-hydroxylation sites is 1. The zero-order valence-electron chi connectivity index (χ0n) is 16.8. The fourth-order valence-corrected chi connectivity index (χ4v) is 3.92. The molecule has 2 aliphatic rings. The van der Waals surface area contributed by atoms with Crippen LogP contribution in [0.3, 0.4) is 0 Å². The Balaban J connectivity index is 1.64. The van der Waals surface area contributed by atoms with Crippen LogP contribution in [0.2, 0.25) is 0 Å². The highest BCUT2D eigenvalue weighted by atomic mass is 16.6. The molecule has 0 bridgehead atoms. The van der Waals surface area contributed by atoms with E-state index in [9.17, 15) is 4.79 Å². The van der Waals surface area contributed by atoms with Gasteiger partial charge in [0.25, 0.3) is 0 Å². The normalized spacial score (nSPS) is 21.2. The number of rotatable bonds is 3. The Hall–Kier alpha value is -3.21. The molecular weight excluding hydrogens is 362 g/mol. The van der Waals surface area contributed by atoms with Crippen molar-refractivity contribution in [1.82, 2.24) is 9.99 Å². The van der Waals surface area contributed by atoms with Crippen molar-refractivity contribution in [3.05, 3.63) is 77.0 Å². The highest BCUT2D eigenvalue weighted by Crippen LogP contribution is 2.42. The smallest absolute Gasteiger partial charge is 0.243 e. The van der Waals surface area contributed by atoms with Crippen LogP contribution < -0.4 is 0 Å². The number of hydrazone groups is 1. The van der Waals surface area contributed by atoms with Crippen molar-refractivity contribution in [2.24, 2.45) is 5.10 Å². The Labute approximate surface area is 170 Å². The van der Waals surface area contributed by atoms with Crippen LogP contribution in [0.15, 0.2) is 59.7 Å². The van der Waals surface area contributed by atoms with E-state index in [1.165, 1.54) is 24.8 Å². The lowest BCUT2D eigenvalue weighted by atomic mass is 10.0. The zero-order valence-corrected chi connectivity index (χ0v) is 16.8. The second-order valence-electron chi connectivity index (χ2n) is 8.07. The monoisotopic (exact) mass is 385 g/mol. The van der Waals surface area contributed by atoms with Gasteiger partial charge in [-0.3, -0.25) is 9.78 Å². The predicted octanol–water partition coefficient (Wildman–Crippen LogP) is 4.83. The van der Waals surface area contributed by atoms with Gasteiger partial charge in [0.1, 0.15) is 0 Å². The largest absolute Gasteiger partial charge is 0.443 e. The van der Waals surface area contributed by atoms with Crippen molar-refractivity contribution in [3.63, 3.8) is 0 Å². The molecule has 146 valence electrons. The summed E-state index contributed by atoms with van der Waals surface area (Å²) in [6.07, 6.45) is 2.33. The lowest BCUT2D eigenvalue weighted by molar-refractivity contribution is -0.146. The first-order chi connectivity index (χ1) is 14.0. The minimum atomic E-state index is -0.987. The summed E-state index contributed by atoms with van der Waals surface area (Å²) >= 11 is 0. The van der Waals surface area contributed by atoms with Crippen LogP contribution in [0.1, 0.15) is 55.0 Å². The van der Waals surface area contributed by atoms with Gasteiger partial charge in [0.05, 0.1) is 5.52 Å². The highest BCUT2D eigenvalue weighted by Gasteiger charge is 2.45. The second-order valence-corrected chi connectivity index (χ2v) is 8.07. The van der Waals surface area contributed by atoms with Gasteiger partial charge in [-0.15, -0.1) is 5.10 Å². The first kappa shape index (κ1) is 17.9. The van der Waals surface area contributed by atoms with Gasteiger partial charge in [-0.1, -0.05) is 48.0 Å². The van der Waals surface area contributed by atoms with Crippen molar-refractivity contribution in [2.75, 3.05) is 0 Å². The summed E-state index contributed by atoms with van der Waals surface area (Å²) < 4.78 is 6.43. The van der Waals surface area contributed by atoms with Gasteiger partial charge in [0.15, 0.2) is 0 Å². The van der Waals surface area contributed by atoms with Crippen molar-refractivity contribution >= 4 is 22.7 Å². The van der Waals surface area contributed by atoms with Crippen molar-refractivity contribution in [2.45, 2.75) is 45.3 Å². The van der Waals surface area contributed by atoms with Gasteiger partial charge in [0, 0.05) is 42.0 Å².